The standard InChI is InChI=1S/C18H34N2OSi/c1-17(2,3)22(7,8)21-14-18(4,20(5)6)16(19)15-12-10-9-11-13-15/h9-13,16H,14,19H2,1-8H3. The summed E-state index contributed by atoms with van der Waals surface area (Å²) in [4.78, 5) is 2.19. The number of benzene rings is 1. The van der Waals surface area contributed by atoms with Gasteiger partial charge in [0.25, 0.3) is 0 Å². The summed E-state index contributed by atoms with van der Waals surface area (Å²) in [6.45, 7) is 14.2. The van der Waals surface area contributed by atoms with Gasteiger partial charge in [-0.25, -0.2) is 0 Å². The van der Waals surface area contributed by atoms with Crippen LogP contribution in [0.15, 0.2) is 30.3 Å². The molecule has 0 fully saturated rings. The fourth-order valence-corrected chi connectivity index (χ4v) is 3.15. The molecule has 0 saturated heterocycles. The van der Waals surface area contributed by atoms with Gasteiger partial charge in [0, 0.05) is 0 Å². The van der Waals surface area contributed by atoms with E-state index in [9.17, 15) is 0 Å². The van der Waals surface area contributed by atoms with Gasteiger partial charge < -0.3 is 15.1 Å². The van der Waals surface area contributed by atoms with Gasteiger partial charge in [-0.3, -0.25) is 0 Å². The molecule has 1 rings (SSSR count). The van der Waals surface area contributed by atoms with Crippen LogP contribution in [0.3, 0.4) is 0 Å². The third kappa shape index (κ3) is 4.19. The molecule has 0 aromatic heterocycles. The van der Waals surface area contributed by atoms with Crippen LogP contribution in [0.4, 0.5) is 0 Å². The smallest absolute Gasteiger partial charge is 0.192 e. The lowest BCUT2D eigenvalue weighted by atomic mass is 9.87. The minimum absolute atomic E-state index is 0.0894. The monoisotopic (exact) mass is 322 g/mol. The molecule has 1 aromatic carbocycles. The molecular formula is C18H34N2OSi. The lowest BCUT2D eigenvalue weighted by Gasteiger charge is -2.45. The lowest BCUT2D eigenvalue weighted by Crippen LogP contribution is -2.56. The van der Waals surface area contributed by atoms with Crippen molar-refractivity contribution < 1.29 is 4.43 Å². The number of nitrogens with zero attached hydrogens (tertiary/aromatic N) is 1. The number of nitrogens with two attached hydrogens (primary N) is 1. The van der Waals surface area contributed by atoms with E-state index in [4.69, 9.17) is 10.2 Å². The summed E-state index contributed by atoms with van der Waals surface area (Å²) < 4.78 is 6.48. The Hall–Kier alpha value is -0.683. The molecule has 126 valence electrons. The highest BCUT2D eigenvalue weighted by Crippen LogP contribution is 2.38. The van der Waals surface area contributed by atoms with E-state index < -0.39 is 8.32 Å². The van der Waals surface area contributed by atoms with Gasteiger partial charge in [0.1, 0.15) is 0 Å². The first-order valence-corrected chi connectivity index (χ1v) is 10.9. The van der Waals surface area contributed by atoms with Crippen molar-refractivity contribution in [3.63, 3.8) is 0 Å². The summed E-state index contributed by atoms with van der Waals surface area (Å²) in [6.07, 6.45) is 0. The molecule has 3 nitrogen and oxygen atoms in total. The number of rotatable bonds is 6. The molecular weight excluding hydrogens is 288 g/mol. The van der Waals surface area contributed by atoms with E-state index in [0.29, 0.717) is 6.61 Å². The fraction of sp³-hybridized carbons (Fsp3) is 0.667. The quantitative estimate of drug-likeness (QED) is 0.804. The Labute approximate surface area is 138 Å². The van der Waals surface area contributed by atoms with Gasteiger partial charge in [0.15, 0.2) is 8.32 Å². The molecule has 0 aliphatic carbocycles. The summed E-state index contributed by atoms with van der Waals surface area (Å²) >= 11 is 0. The zero-order chi connectivity index (χ0) is 17.2. The van der Waals surface area contributed by atoms with Crippen LogP contribution < -0.4 is 5.73 Å². The molecule has 0 aliphatic rings. The van der Waals surface area contributed by atoms with Crippen molar-refractivity contribution >= 4 is 8.32 Å². The van der Waals surface area contributed by atoms with Crippen LogP contribution in [0.1, 0.15) is 39.3 Å². The van der Waals surface area contributed by atoms with Crippen molar-refractivity contribution in [2.45, 2.75) is 57.4 Å². The Balaban J connectivity index is 2.98. The Morgan fingerprint density at radius 3 is 2.00 bits per heavy atom. The number of hydrogen-bond donors (Lipinski definition) is 1. The molecule has 0 amide bonds. The number of likely N-dealkylation sites (N-methyl/N-ethyl adjacent to an activating group) is 1. The molecule has 0 radical (unpaired) electrons. The van der Waals surface area contributed by atoms with Crippen LogP contribution in [-0.4, -0.2) is 39.5 Å². The van der Waals surface area contributed by atoms with Crippen LogP contribution in [0.5, 0.6) is 0 Å². The van der Waals surface area contributed by atoms with E-state index >= 15 is 0 Å². The van der Waals surface area contributed by atoms with E-state index in [2.05, 4.69) is 71.9 Å². The average Bonchev–Trinajstić information content (AvgIpc) is 2.43. The van der Waals surface area contributed by atoms with Gasteiger partial charge in [-0.1, -0.05) is 51.1 Å². The van der Waals surface area contributed by atoms with Gasteiger partial charge >= 0.3 is 0 Å². The maximum Gasteiger partial charge on any atom is 0.192 e. The highest BCUT2D eigenvalue weighted by Gasteiger charge is 2.42. The normalized spacial score (nSPS) is 17.4. The van der Waals surface area contributed by atoms with Crippen LogP contribution in [-0.2, 0) is 4.43 Å². The summed E-state index contributed by atoms with van der Waals surface area (Å²) in [7, 11) is 2.37. The molecule has 0 saturated carbocycles. The van der Waals surface area contributed by atoms with Gasteiger partial charge in [-0.05, 0) is 44.7 Å². The lowest BCUT2D eigenvalue weighted by molar-refractivity contribution is 0.0656. The van der Waals surface area contributed by atoms with Crippen molar-refractivity contribution in [3.8, 4) is 0 Å². The topological polar surface area (TPSA) is 38.5 Å². The largest absolute Gasteiger partial charge is 0.415 e. The Morgan fingerprint density at radius 1 is 1.09 bits per heavy atom. The molecule has 2 unspecified atom stereocenters. The first-order valence-electron chi connectivity index (χ1n) is 8.04. The van der Waals surface area contributed by atoms with Gasteiger partial charge in [0.05, 0.1) is 18.2 Å². The minimum Gasteiger partial charge on any atom is -0.415 e. The van der Waals surface area contributed by atoms with Crippen LogP contribution in [0, 0.1) is 0 Å². The Bertz CT molecular complexity index is 468. The second-order valence-corrected chi connectivity index (χ2v) is 13.0. The SMILES string of the molecule is CN(C)C(C)(CO[Si](C)(C)C(C)(C)C)C(N)c1ccccc1. The predicted octanol–water partition coefficient (Wildman–Crippen LogP) is 4.03. The molecule has 0 bridgehead atoms. The molecule has 22 heavy (non-hydrogen) atoms. The minimum atomic E-state index is -1.79. The Morgan fingerprint density at radius 2 is 1.59 bits per heavy atom. The Kier molecular flexibility index (Phi) is 6.01. The van der Waals surface area contributed by atoms with Crippen LogP contribution in [0.25, 0.3) is 0 Å². The van der Waals surface area contributed by atoms with Crippen molar-refractivity contribution in [3.05, 3.63) is 35.9 Å². The van der Waals surface area contributed by atoms with E-state index in [0.717, 1.165) is 5.56 Å². The molecule has 2 N–H and O–H groups in total. The first kappa shape index (κ1) is 19.4. The molecule has 0 aliphatic heterocycles. The zero-order valence-corrected chi connectivity index (χ0v) is 16.6. The molecule has 4 heteroatoms. The maximum absolute atomic E-state index is 6.61. The van der Waals surface area contributed by atoms with Crippen molar-refractivity contribution in [2.75, 3.05) is 20.7 Å². The summed E-state index contributed by atoms with van der Waals surface area (Å²) in [5.41, 5.74) is 7.52. The molecule has 0 heterocycles. The van der Waals surface area contributed by atoms with E-state index in [1.54, 1.807) is 0 Å². The molecule has 0 spiro atoms. The number of hydrogen-bond acceptors (Lipinski definition) is 3. The van der Waals surface area contributed by atoms with E-state index in [1.165, 1.54) is 0 Å². The van der Waals surface area contributed by atoms with E-state index in [-0.39, 0.29) is 16.6 Å². The average molecular weight is 323 g/mol. The predicted molar refractivity (Wildman–Crippen MR) is 98.6 cm³/mol. The third-order valence-corrected chi connectivity index (χ3v) is 9.86. The highest BCUT2D eigenvalue weighted by atomic mass is 28.4. The van der Waals surface area contributed by atoms with Crippen molar-refractivity contribution in [1.82, 2.24) is 4.90 Å². The molecule has 2 atom stereocenters. The summed E-state index contributed by atoms with van der Waals surface area (Å²) in [5.74, 6) is 0. The van der Waals surface area contributed by atoms with Gasteiger partial charge in [-0.15, -0.1) is 0 Å². The summed E-state index contributed by atoms with van der Waals surface area (Å²) in [5, 5.41) is 0.205. The summed E-state index contributed by atoms with van der Waals surface area (Å²) in [6, 6.07) is 10.2. The van der Waals surface area contributed by atoms with Gasteiger partial charge in [-0.2, -0.15) is 0 Å². The zero-order valence-electron chi connectivity index (χ0n) is 15.6. The van der Waals surface area contributed by atoms with Crippen molar-refractivity contribution in [2.24, 2.45) is 5.73 Å². The van der Waals surface area contributed by atoms with E-state index in [1.807, 2.05) is 18.2 Å². The second-order valence-electron chi connectivity index (χ2n) is 8.19. The van der Waals surface area contributed by atoms with Gasteiger partial charge in [0.2, 0.25) is 0 Å². The van der Waals surface area contributed by atoms with Crippen LogP contribution in [0.2, 0.25) is 18.1 Å². The maximum atomic E-state index is 6.61. The van der Waals surface area contributed by atoms with Crippen LogP contribution >= 0.6 is 0 Å². The third-order valence-electron chi connectivity index (χ3n) is 5.38. The second kappa shape index (κ2) is 6.83. The van der Waals surface area contributed by atoms with Crippen molar-refractivity contribution in [1.29, 1.82) is 0 Å². The first-order chi connectivity index (χ1) is 9.92. The highest BCUT2D eigenvalue weighted by molar-refractivity contribution is 6.74. The fourth-order valence-electron chi connectivity index (χ4n) is 2.06. The molecule has 1 aromatic rings.